The van der Waals surface area contributed by atoms with Crippen molar-refractivity contribution in [2.24, 2.45) is 0 Å². The fourth-order valence-electron chi connectivity index (χ4n) is 4.14. The van der Waals surface area contributed by atoms with Gasteiger partial charge in [0.2, 0.25) is 0 Å². The third-order valence-corrected chi connectivity index (χ3v) is 5.62. The number of hydrogen-bond acceptors (Lipinski definition) is 3. The number of carbonyl (C=O) groups excluding carboxylic acids is 1. The molecule has 1 aliphatic rings. The van der Waals surface area contributed by atoms with Crippen LogP contribution in [0.5, 0.6) is 11.5 Å². The SMILES string of the molecule is CC[C@H](Oc1cccc2ccccc12)C(=O)N[C@@H]1CC(C)(C)Oc2ccc(C)cc21. The highest BCUT2D eigenvalue weighted by molar-refractivity contribution is 5.89. The Bertz CT molecular complexity index is 1070. The van der Waals surface area contributed by atoms with E-state index in [-0.39, 0.29) is 17.6 Å². The van der Waals surface area contributed by atoms with Gasteiger partial charge >= 0.3 is 0 Å². The number of hydrogen-bond donors (Lipinski definition) is 1. The molecule has 0 aliphatic carbocycles. The number of carbonyl (C=O) groups is 1. The fraction of sp³-hybridized carbons (Fsp3) is 0.346. The number of benzene rings is 3. The molecule has 156 valence electrons. The van der Waals surface area contributed by atoms with Gasteiger partial charge < -0.3 is 14.8 Å². The van der Waals surface area contributed by atoms with E-state index in [1.54, 1.807) is 0 Å². The van der Waals surface area contributed by atoms with Crippen molar-refractivity contribution in [3.05, 3.63) is 71.8 Å². The van der Waals surface area contributed by atoms with Crippen molar-refractivity contribution in [1.29, 1.82) is 0 Å². The monoisotopic (exact) mass is 403 g/mol. The zero-order valence-electron chi connectivity index (χ0n) is 18.1. The quantitative estimate of drug-likeness (QED) is 0.592. The van der Waals surface area contributed by atoms with Crippen molar-refractivity contribution < 1.29 is 14.3 Å². The van der Waals surface area contributed by atoms with Crippen LogP contribution < -0.4 is 14.8 Å². The van der Waals surface area contributed by atoms with Crippen molar-refractivity contribution in [3.63, 3.8) is 0 Å². The number of ether oxygens (including phenoxy) is 2. The highest BCUT2D eigenvalue weighted by Gasteiger charge is 2.35. The molecule has 1 aliphatic heterocycles. The summed E-state index contributed by atoms with van der Waals surface area (Å²) in [6.45, 7) is 8.14. The minimum Gasteiger partial charge on any atom is -0.487 e. The van der Waals surface area contributed by atoms with Crippen LogP contribution in [0.4, 0.5) is 0 Å². The molecule has 3 aromatic carbocycles. The first-order valence-electron chi connectivity index (χ1n) is 10.6. The summed E-state index contributed by atoms with van der Waals surface area (Å²) in [5.41, 5.74) is 1.83. The van der Waals surface area contributed by atoms with Crippen molar-refractivity contribution in [3.8, 4) is 11.5 Å². The summed E-state index contributed by atoms with van der Waals surface area (Å²) in [6.07, 6.45) is 0.734. The van der Waals surface area contributed by atoms with Crippen LogP contribution in [0.3, 0.4) is 0 Å². The highest BCUT2D eigenvalue weighted by Crippen LogP contribution is 2.40. The van der Waals surface area contributed by atoms with E-state index < -0.39 is 6.10 Å². The van der Waals surface area contributed by atoms with Gasteiger partial charge in [0.05, 0.1) is 6.04 Å². The summed E-state index contributed by atoms with van der Waals surface area (Å²) < 4.78 is 12.3. The van der Waals surface area contributed by atoms with Gasteiger partial charge in [0.15, 0.2) is 6.10 Å². The molecular formula is C26H29NO3. The molecule has 3 aromatic rings. The Morgan fingerprint density at radius 1 is 1.17 bits per heavy atom. The summed E-state index contributed by atoms with van der Waals surface area (Å²) in [6, 6.07) is 20.0. The molecule has 4 heteroatoms. The third-order valence-electron chi connectivity index (χ3n) is 5.62. The van der Waals surface area contributed by atoms with Gasteiger partial charge in [0, 0.05) is 17.4 Å². The summed E-state index contributed by atoms with van der Waals surface area (Å²) in [7, 11) is 0. The molecule has 4 rings (SSSR count). The second-order valence-electron chi connectivity index (χ2n) is 8.66. The minimum atomic E-state index is -0.560. The first-order chi connectivity index (χ1) is 14.4. The molecule has 0 spiro atoms. The third kappa shape index (κ3) is 4.13. The van der Waals surface area contributed by atoms with Crippen molar-refractivity contribution in [2.75, 3.05) is 0 Å². The van der Waals surface area contributed by atoms with Crippen LogP contribution in [-0.4, -0.2) is 17.6 Å². The molecule has 0 radical (unpaired) electrons. The lowest BCUT2D eigenvalue weighted by Crippen LogP contribution is -2.45. The van der Waals surface area contributed by atoms with Crippen LogP contribution in [0.2, 0.25) is 0 Å². The molecule has 1 heterocycles. The molecular weight excluding hydrogens is 374 g/mol. The van der Waals surface area contributed by atoms with E-state index in [0.29, 0.717) is 12.8 Å². The zero-order valence-corrected chi connectivity index (χ0v) is 18.1. The summed E-state index contributed by atoms with van der Waals surface area (Å²) >= 11 is 0. The Balaban J connectivity index is 1.57. The first kappa shape index (κ1) is 20.3. The number of nitrogens with one attached hydrogen (secondary N) is 1. The lowest BCUT2D eigenvalue weighted by Gasteiger charge is -2.38. The van der Waals surface area contributed by atoms with Crippen LogP contribution in [0.15, 0.2) is 60.7 Å². The van der Waals surface area contributed by atoms with Gasteiger partial charge in [-0.05, 0) is 44.7 Å². The van der Waals surface area contributed by atoms with E-state index in [1.165, 1.54) is 0 Å². The lowest BCUT2D eigenvalue weighted by atomic mass is 9.88. The van der Waals surface area contributed by atoms with E-state index >= 15 is 0 Å². The Morgan fingerprint density at radius 2 is 1.93 bits per heavy atom. The minimum absolute atomic E-state index is 0.0967. The number of fused-ring (bicyclic) bond motifs is 2. The molecule has 1 N–H and O–H groups in total. The maximum atomic E-state index is 13.2. The Kier molecular flexibility index (Phi) is 5.42. The van der Waals surface area contributed by atoms with Crippen molar-refractivity contribution in [1.82, 2.24) is 5.32 Å². The van der Waals surface area contributed by atoms with Crippen LogP contribution in [0, 0.1) is 6.92 Å². The van der Waals surface area contributed by atoms with Gasteiger partial charge in [-0.25, -0.2) is 0 Å². The van der Waals surface area contributed by atoms with E-state index in [9.17, 15) is 4.79 Å². The maximum Gasteiger partial charge on any atom is 0.261 e. The number of rotatable bonds is 5. The highest BCUT2D eigenvalue weighted by atomic mass is 16.5. The standard InChI is InChI=1S/C26H29NO3/c1-5-22(29-23-12-8-10-18-9-6-7-11-19(18)23)25(28)27-21-16-26(3,4)30-24-14-13-17(2)15-20(21)24/h6-15,21-22H,5,16H2,1-4H3,(H,27,28)/t21-,22+/m1/s1. The average molecular weight is 404 g/mol. The van der Waals surface area contributed by atoms with Crippen molar-refractivity contribution >= 4 is 16.7 Å². The van der Waals surface area contributed by atoms with Gasteiger partial charge in [-0.2, -0.15) is 0 Å². The first-order valence-corrected chi connectivity index (χ1v) is 10.6. The molecule has 0 unspecified atom stereocenters. The Morgan fingerprint density at radius 3 is 2.73 bits per heavy atom. The molecule has 0 fully saturated rings. The van der Waals surface area contributed by atoms with Gasteiger partial charge in [-0.3, -0.25) is 4.79 Å². The molecule has 0 saturated carbocycles. The van der Waals surface area contributed by atoms with E-state index in [4.69, 9.17) is 9.47 Å². The van der Waals surface area contributed by atoms with Crippen LogP contribution in [0.1, 0.15) is 50.8 Å². The Hall–Kier alpha value is -3.01. The second kappa shape index (κ2) is 8.02. The molecule has 1 amide bonds. The predicted molar refractivity (Wildman–Crippen MR) is 120 cm³/mol. The average Bonchev–Trinajstić information content (AvgIpc) is 2.72. The predicted octanol–water partition coefficient (Wildman–Crippen LogP) is 5.72. The topological polar surface area (TPSA) is 47.6 Å². The molecule has 30 heavy (non-hydrogen) atoms. The molecule has 0 bridgehead atoms. The molecule has 2 atom stereocenters. The number of amides is 1. The Labute approximate surface area is 178 Å². The van der Waals surface area contributed by atoms with Crippen LogP contribution in [-0.2, 0) is 4.79 Å². The van der Waals surface area contributed by atoms with Gasteiger partial charge in [0.1, 0.15) is 17.1 Å². The van der Waals surface area contributed by atoms with Gasteiger partial charge in [-0.1, -0.05) is 61.0 Å². The van der Waals surface area contributed by atoms with Crippen LogP contribution >= 0.6 is 0 Å². The molecule has 4 nitrogen and oxygen atoms in total. The van der Waals surface area contributed by atoms with E-state index in [0.717, 1.165) is 33.4 Å². The van der Waals surface area contributed by atoms with Gasteiger partial charge in [0.25, 0.3) is 5.91 Å². The maximum absolute atomic E-state index is 13.2. The smallest absolute Gasteiger partial charge is 0.261 e. The summed E-state index contributed by atoms with van der Waals surface area (Å²) in [5.74, 6) is 1.48. The zero-order chi connectivity index (χ0) is 21.3. The fourth-order valence-corrected chi connectivity index (χ4v) is 4.14. The molecule has 0 saturated heterocycles. The second-order valence-corrected chi connectivity index (χ2v) is 8.66. The summed E-state index contributed by atoms with van der Waals surface area (Å²) in [4.78, 5) is 13.2. The molecule has 0 aromatic heterocycles. The van der Waals surface area contributed by atoms with Crippen LogP contribution in [0.25, 0.3) is 10.8 Å². The summed E-state index contributed by atoms with van der Waals surface area (Å²) in [5, 5.41) is 5.34. The lowest BCUT2D eigenvalue weighted by molar-refractivity contribution is -0.129. The number of aryl methyl sites for hydroxylation is 1. The van der Waals surface area contributed by atoms with Gasteiger partial charge in [-0.15, -0.1) is 0 Å². The van der Waals surface area contributed by atoms with Crippen molar-refractivity contribution in [2.45, 2.75) is 58.3 Å². The normalized spacial score (nSPS) is 18.2. The van der Waals surface area contributed by atoms with E-state index in [2.05, 4.69) is 32.2 Å². The largest absolute Gasteiger partial charge is 0.487 e. The van der Waals surface area contributed by atoms with E-state index in [1.807, 2.05) is 61.5 Å².